The van der Waals surface area contributed by atoms with Gasteiger partial charge in [0.25, 0.3) is 0 Å². The lowest BCUT2D eigenvalue weighted by molar-refractivity contribution is 0.101. The molecule has 6 nitrogen and oxygen atoms in total. The lowest BCUT2D eigenvalue weighted by atomic mass is 10.1. The van der Waals surface area contributed by atoms with Gasteiger partial charge in [0.15, 0.2) is 5.78 Å². The van der Waals surface area contributed by atoms with Crippen LogP contribution in [-0.4, -0.2) is 49.0 Å². The van der Waals surface area contributed by atoms with Crippen LogP contribution in [0.4, 0.5) is 5.69 Å². The highest BCUT2D eigenvalue weighted by atomic mass is 16.4. The number of carbonyl (C=O) groups is 1. The summed E-state index contributed by atoms with van der Waals surface area (Å²) >= 11 is 0. The number of anilines is 1. The smallest absolute Gasteiger partial charge is 0.349 e. The summed E-state index contributed by atoms with van der Waals surface area (Å²) in [7, 11) is 2.04. The Balaban J connectivity index is 2.26. The third-order valence-corrected chi connectivity index (χ3v) is 4.04. The summed E-state index contributed by atoms with van der Waals surface area (Å²) in [6, 6.07) is 4.62. The molecule has 1 aromatic heterocycles. The van der Waals surface area contributed by atoms with Gasteiger partial charge in [-0.25, -0.2) is 4.79 Å². The van der Waals surface area contributed by atoms with Crippen LogP contribution >= 0.6 is 0 Å². The first-order chi connectivity index (χ1) is 10.5. The highest BCUT2D eigenvalue weighted by Gasteiger charge is 2.25. The topological polar surface area (TPSA) is 74.0 Å². The number of nitrogens with zero attached hydrogens (tertiary/aromatic N) is 2. The van der Waals surface area contributed by atoms with E-state index in [9.17, 15) is 14.7 Å². The van der Waals surface area contributed by atoms with Gasteiger partial charge in [-0.3, -0.25) is 4.79 Å². The third-order valence-electron chi connectivity index (χ3n) is 4.04. The van der Waals surface area contributed by atoms with Crippen LogP contribution in [0.1, 0.15) is 17.3 Å². The quantitative estimate of drug-likeness (QED) is 0.668. The molecular formula is C16H18N2O4. The van der Waals surface area contributed by atoms with Crippen molar-refractivity contribution in [2.24, 2.45) is 0 Å². The number of benzene rings is 1. The highest BCUT2D eigenvalue weighted by molar-refractivity contribution is 6.06. The lowest BCUT2D eigenvalue weighted by Crippen LogP contribution is -2.45. The van der Waals surface area contributed by atoms with E-state index in [1.165, 1.54) is 19.1 Å². The summed E-state index contributed by atoms with van der Waals surface area (Å²) in [4.78, 5) is 28.4. The second kappa shape index (κ2) is 5.46. The molecule has 0 saturated carbocycles. The van der Waals surface area contributed by atoms with Crippen LogP contribution in [0.15, 0.2) is 27.4 Å². The fraction of sp³-hybridized carbons (Fsp3) is 0.375. The monoisotopic (exact) mass is 302 g/mol. The third kappa shape index (κ3) is 2.46. The van der Waals surface area contributed by atoms with Gasteiger partial charge in [-0.15, -0.1) is 0 Å². The number of aromatic hydroxyl groups is 1. The molecule has 1 aliphatic rings. The Morgan fingerprint density at radius 3 is 2.55 bits per heavy atom. The number of ketones is 1. The zero-order valence-electron chi connectivity index (χ0n) is 12.6. The summed E-state index contributed by atoms with van der Waals surface area (Å²) in [5.41, 5.74) is 0.345. The minimum absolute atomic E-state index is 0.0237. The van der Waals surface area contributed by atoms with Crippen LogP contribution < -0.4 is 10.5 Å². The van der Waals surface area contributed by atoms with Gasteiger partial charge in [-0.1, -0.05) is 0 Å². The van der Waals surface area contributed by atoms with E-state index in [4.69, 9.17) is 4.42 Å². The first-order valence-corrected chi connectivity index (χ1v) is 7.21. The van der Waals surface area contributed by atoms with Crippen molar-refractivity contribution in [3.8, 4) is 5.75 Å². The molecule has 2 heterocycles. The molecule has 1 N–H and O–H groups in total. The molecule has 1 aliphatic heterocycles. The second-order valence-electron chi connectivity index (χ2n) is 5.64. The molecule has 0 bridgehead atoms. The Hall–Kier alpha value is -2.34. The van der Waals surface area contributed by atoms with Crippen LogP contribution in [0.5, 0.6) is 5.75 Å². The van der Waals surface area contributed by atoms with Gasteiger partial charge < -0.3 is 19.3 Å². The van der Waals surface area contributed by atoms with Crippen LogP contribution in [0.25, 0.3) is 11.0 Å². The standard InChI is InChI=1S/C16H18N2O4/c1-10(19)14-15(18-7-5-17(2)6-8-18)12-4-3-11(20)9-13(12)22-16(14)21/h3-4,9,20H,5-8H2,1-2H3. The number of hydrogen-bond acceptors (Lipinski definition) is 6. The van der Waals surface area contributed by atoms with E-state index in [0.717, 1.165) is 26.2 Å². The Morgan fingerprint density at radius 1 is 1.23 bits per heavy atom. The molecule has 0 spiro atoms. The molecule has 0 amide bonds. The molecule has 6 heteroatoms. The molecule has 3 rings (SSSR count). The molecule has 0 radical (unpaired) electrons. The number of hydrogen-bond donors (Lipinski definition) is 1. The number of Topliss-reactive ketones (excluding diaryl/α,β-unsaturated/α-hetero) is 1. The molecule has 1 fully saturated rings. The Bertz CT molecular complexity index is 789. The molecule has 0 aliphatic carbocycles. The summed E-state index contributed by atoms with van der Waals surface area (Å²) in [5, 5.41) is 10.3. The minimum atomic E-state index is -0.653. The molecular weight excluding hydrogens is 284 g/mol. The Morgan fingerprint density at radius 2 is 1.91 bits per heavy atom. The molecule has 1 aromatic carbocycles. The summed E-state index contributed by atoms with van der Waals surface area (Å²) in [5.74, 6) is -0.284. The van der Waals surface area contributed by atoms with Crippen LogP contribution in [0.2, 0.25) is 0 Å². The molecule has 22 heavy (non-hydrogen) atoms. The first kappa shape index (κ1) is 14.6. The maximum atomic E-state index is 12.2. The van der Waals surface area contributed by atoms with Crippen LogP contribution in [0.3, 0.4) is 0 Å². The zero-order valence-corrected chi connectivity index (χ0v) is 12.6. The van der Waals surface area contributed by atoms with Crippen molar-refractivity contribution in [2.45, 2.75) is 6.92 Å². The van der Waals surface area contributed by atoms with Gasteiger partial charge in [0.2, 0.25) is 0 Å². The average Bonchev–Trinajstić information content (AvgIpc) is 2.46. The van der Waals surface area contributed by atoms with Gasteiger partial charge in [0, 0.05) is 37.6 Å². The van der Waals surface area contributed by atoms with E-state index in [0.29, 0.717) is 16.7 Å². The van der Waals surface area contributed by atoms with Crippen molar-refractivity contribution in [3.63, 3.8) is 0 Å². The minimum Gasteiger partial charge on any atom is -0.508 e. The molecule has 0 atom stereocenters. The number of phenolic OH excluding ortho intramolecular Hbond substituents is 1. The number of likely N-dealkylation sites (N-methyl/N-ethyl adjacent to an activating group) is 1. The van der Waals surface area contributed by atoms with Crippen molar-refractivity contribution < 1.29 is 14.3 Å². The maximum absolute atomic E-state index is 12.2. The van der Waals surface area contributed by atoms with E-state index >= 15 is 0 Å². The van der Waals surface area contributed by atoms with Crippen molar-refractivity contribution in [2.75, 3.05) is 38.1 Å². The molecule has 116 valence electrons. The summed E-state index contributed by atoms with van der Waals surface area (Å²) in [6.45, 7) is 4.55. The maximum Gasteiger partial charge on any atom is 0.349 e. The van der Waals surface area contributed by atoms with Gasteiger partial charge in [0.05, 0.1) is 5.69 Å². The zero-order chi connectivity index (χ0) is 15.9. The normalized spacial score (nSPS) is 16.2. The van der Waals surface area contributed by atoms with Gasteiger partial charge in [-0.2, -0.15) is 0 Å². The van der Waals surface area contributed by atoms with Crippen LogP contribution in [0, 0.1) is 0 Å². The van der Waals surface area contributed by atoms with Gasteiger partial charge in [0.1, 0.15) is 16.9 Å². The van der Waals surface area contributed by atoms with E-state index in [2.05, 4.69) is 4.90 Å². The fourth-order valence-corrected chi connectivity index (χ4v) is 2.84. The Labute approximate surface area is 127 Å². The molecule has 0 unspecified atom stereocenters. The summed E-state index contributed by atoms with van der Waals surface area (Å²) in [6.07, 6.45) is 0. The predicted octanol–water partition coefficient (Wildman–Crippen LogP) is 1.45. The van der Waals surface area contributed by atoms with E-state index in [1.54, 1.807) is 6.07 Å². The van der Waals surface area contributed by atoms with Gasteiger partial charge in [-0.05, 0) is 26.1 Å². The van der Waals surface area contributed by atoms with Crippen LogP contribution in [-0.2, 0) is 0 Å². The Kier molecular flexibility index (Phi) is 3.62. The lowest BCUT2D eigenvalue weighted by Gasteiger charge is -2.35. The van der Waals surface area contributed by atoms with E-state index < -0.39 is 5.63 Å². The predicted molar refractivity (Wildman–Crippen MR) is 83.9 cm³/mol. The number of rotatable bonds is 2. The highest BCUT2D eigenvalue weighted by Crippen LogP contribution is 2.31. The average molecular weight is 302 g/mol. The van der Waals surface area contributed by atoms with Crippen molar-refractivity contribution >= 4 is 22.4 Å². The second-order valence-corrected chi connectivity index (χ2v) is 5.64. The van der Waals surface area contributed by atoms with Gasteiger partial charge >= 0.3 is 5.63 Å². The van der Waals surface area contributed by atoms with Crippen molar-refractivity contribution in [3.05, 3.63) is 34.2 Å². The first-order valence-electron chi connectivity index (χ1n) is 7.21. The molecule has 1 saturated heterocycles. The van der Waals surface area contributed by atoms with E-state index in [1.807, 2.05) is 11.9 Å². The molecule has 2 aromatic rings. The number of fused-ring (bicyclic) bond motifs is 1. The number of piperazine rings is 1. The van der Waals surface area contributed by atoms with Crippen molar-refractivity contribution in [1.82, 2.24) is 4.90 Å². The van der Waals surface area contributed by atoms with Crippen molar-refractivity contribution in [1.29, 1.82) is 0 Å². The SMILES string of the molecule is CC(=O)c1c(N2CCN(C)CC2)c2ccc(O)cc2oc1=O. The number of phenols is 1. The number of carbonyl (C=O) groups excluding carboxylic acids is 1. The largest absolute Gasteiger partial charge is 0.508 e. The summed E-state index contributed by atoms with van der Waals surface area (Å²) < 4.78 is 5.21. The van der Waals surface area contributed by atoms with E-state index in [-0.39, 0.29) is 17.1 Å². The fourth-order valence-electron chi connectivity index (χ4n) is 2.84.